The third kappa shape index (κ3) is 7.41. The van der Waals surface area contributed by atoms with E-state index in [9.17, 15) is 0 Å². The van der Waals surface area contributed by atoms with Gasteiger partial charge in [0.05, 0.1) is 19.3 Å². The van der Waals surface area contributed by atoms with Gasteiger partial charge in [0.25, 0.3) is 0 Å². The first kappa shape index (κ1) is 9.41. The van der Waals surface area contributed by atoms with Crippen LogP contribution in [0.3, 0.4) is 0 Å². The van der Waals surface area contributed by atoms with Crippen molar-refractivity contribution in [2.24, 2.45) is 0 Å². The molecule has 0 aromatic rings. The Hall–Kier alpha value is -0.590. The van der Waals surface area contributed by atoms with Gasteiger partial charge in [-0.1, -0.05) is 6.92 Å². The number of ether oxygens (including phenoxy) is 2. The molecule has 0 aliphatic heterocycles. The molecule has 0 aliphatic carbocycles. The van der Waals surface area contributed by atoms with Crippen molar-refractivity contribution in [1.29, 1.82) is 5.26 Å². The highest BCUT2D eigenvalue weighted by Gasteiger charge is 1.85. The van der Waals surface area contributed by atoms with E-state index in [2.05, 4.69) is 6.92 Å². The van der Waals surface area contributed by atoms with Gasteiger partial charge in [-0.15, -0.1) is 0 Å². The van der Waals surface area contributed by atoms with Gasteiger partial charge in [0, 0.05) is 6.61 Å². The molecule has 10 heavy (non-hydrogen) atoms. The minimum absolute atomic E-state index is 0.162. The lowest BCUT2D eigenvalue weighted by atomic mass is 10.5. The standard InChI is InChI=1S/C7H13NO2/c1-2-4-9-6-7-10-5-3-8/h2,4-7H2,1H3. The van der Waals surface area contributed by atoms with Gasteiger partial charge in [0.1, 0.15) is 6.61 Å². The highest BCUT2D eigenvalue weighted by atomic mass is 16.5. The third-order valence-electron chi connectivity index (χ3n) is 0.887. The maximum absolute atomic E-state index is 8.05. The van der Waals surface area contributed by atoms with Crippen LogP contribution in [0.5, 0.6) is 0 Å². The number of hydrogen-bond acceptors (Lipinski definition) is 3. The van der Waals surface area contributed by atoms with Gasteiger partial charge < -0.3 is 9.47 Å². The molecule has 0 atom stereocenters. The lowest BCUT2D eigenvalue weighted by Crippen LogP contribution is -2.04. The summed E-state index contributed by atoms with van der Waals surface area (Å²) in [6.07, 6.45) is 1.03. The summed E-state index contributed by atoms with van der Waals surface area (Å²) in [7, 11) is 0. The molecule has 0 N–H and O–H groups in total. The van der Waals surface area contributed by atoms with E-state index in [1.165, 1.54) is 0 Å². The van der Waals surface area contributed by atoms with Crippen molar-refractivity contribution in [2.75, 3.05) is 26.4 Å². The van der Waals surface area contributed by atoms with Gasteiger partial charge >= 0.3 is 0 Å². The second-order valence-electron chi connectivity index (χ2n) is 1.82. The predicted octanol–water partition coefficient (Wildman–Crippen LogP) is 0.953. The summed E-state index contributed by atoms with van der Waals surface area (Å²) in [5.74, 6) is 0. The van der Waals surface area contributed by atoms with Crippen molar-refractivity contribution < 1.29 is 9.47 Å². The van der Waals surface area contributed by atoms with Crippen LogP contribution in [-0.2, 0) is 9.47 Å². The second kappa shape index (κ2) is 8.41. The quantitative estimate of drug-likeness (QED) is 0.520. The number of nitrogens with zero attached hydrogens (tertiary/aromatic N) is 1. The Morgan fingerprint density at radius 1 is 1.20 bits per heavy atom. The molecule has 0 amide bonds. The fourth-order valence-corrected chi connectivity index (χ4v) is 0.482. The van der Waals surface area contributed by atoms with Gasteiger partial charge in [-0.3, -0.25) is 0 Å². The van der Waals surface area contributed by atoms with E-state index < -0.39 is 0 Å². The van der Waals surface area contributed by atoms with Crippen LogP contribution in [-0.4, -0.2) is 26.4 Å². The highest BCUT2D eigenvalue weighted by Crippen LogP contribution is 1.80. The van der Waals surface area contributed by atoms with Crippen LogP contribution in [0, 0.1) is 11.3 Å². The van der Waals surface area contributed by atoms with Gasteiger partial charge in [0.15, 0.2) is 0 Å². The van der Waals surface area contributed by atoms with Crippen LogP contribution in [0.4, 0.5) is 0 Å². The molecule has 0 aliphatic rings. The summed E-state index contributed by atoms with van der Waals surface area (Å²) in [4.78, 5) is 0. The Kier molecular flexibility index (Phi) is 7.91. The summed E-state index contributed by atoms with van der Waals surface area (Å²) in [6.45, 7) is 4.10. The van der Waals surface area contributed by atoms with Crippen LogP contribution in [0.1, 0.15) is 13.3 Å². The van der Waals surface area contributed by atoms with Crippen molar-refractivity contribution in [3.05, 3.63) is 0 Å². The summed E-state index contributed by atoms with van der Waals surface area (Å²) in [6, 6.07) is 1.88. The minimum Gasteiger partial charge on any atom is -0.379 e. The third-order valence-corrected chi connectivity index (χ3v) is 0.887. The minimum atomic E-state index is 0.162. The van der Waals surface area contributed by atoms with Crippen LogP contribution in [0.2, 0.25) is 0 Å². The highest BCUT2D eigenvalue weighted by molar-refractivity contribution is 4.65. The van der Waals surface area contributed by atoms with E-state index in [4.69, 9.17) is 14.7 Å². The monoisotopic (exact) mass is 143 g/mol. The maximum Gasteiger partial charge on any atom is 0.133 e. The summed E-state index contributed by atoms with van der Waals surface area (Å²) >= 11 is 0. The van der Waals surface area contributed by atoms with E-state index in [0.29, 0.717) is 13.2 Å². The van der Waals surface area contributed by atoms with Gasteiger partial charge in [-0.2, -0.15) is 5.26 Å². The molecule has 3 heteroatoms. The topological polar surface area (TPSA) is 42.2 Å². The molecule has 58 valence electrons. The van der Waals surface area contributed by atoms with Gasteiger partial charge in [-0.25, -0.2) is 0 Å². The van der Waals surface area contributed by atoms with Crippen molar-refractivity contribution in [3.8, 4) is 6.07 Å². The van der Waals surface area contributed by atoms with Crippen LogP contribution >= 0.6 is 0 Å². The number of rotatable bonds is 6. The van der Waals surface area contributed by atoms with Crippen molar-refractivity contribution >= 4 is 0 Å². The zero-order chi connectivity index (χ0) is 7.66. The second-order valence-corrected chi connectivity index (χ2v) is 1.82. The van der Waals surface area contributed by atoms with E-state index in [-0.39, 0.29) is 6.61 Å². The fraction of sp³-hybridized carbons (Fsp3) is 0.857. The van der Waals surface area contributed by atoms with Crippen molar-refractivity contribution in [3.63, 3.8) is 0 Å². The first-order valence-corrected chi connectivity index (χ1v) is 3.44. The van der Waals surface area contributed by atoms with Crippen molar-refractivity contribution in [1.82, 2.24) is 0 Å². The van der Waals surface area contributed by atoms with Crippen LogP contribution in [0.15, 0.2) is 0 Å². The summed E-state index contributed by atoms with van der Waals surface area (Å²) < 4.78 is 9.94. The maximum atomic E-state index is 8.05. The Labute approximate surface area is 61.5 Å². The van der Waals surface area contributed by atoms with E-state index >= 15 is 0 Å². The molecule has 0 saturated carbocycles. The molecule has 0 fully saturated rings. The smallest absolute Gasteiger partial charge is 0.133 e. The zero-order valence-electron chi connectivity index (χ0n) is 6.30. The molecule has 0 saturated heterocycles. The molecule has 0 unspecified atom stereocenters. The molecule has 0 bridgehead atoms. The van der Waals surface area contributed by atoms with E-state index in [0.717, 1.165) is 13.0 Å². The first-order chi connectivity index (χ1) is 4.91. The molecule has 0 radical (unpaired) electrons. The zero-order valence-corrected chi connectivity index (χ0v) is 6.30. The SMILES string of the molecule is CCCOCCOCC#N. The Morgan fingerprint density at radius 3 is 2.50 bits per heavy atom. The van der Waals surface area contributed by atoms with Crippen LogP contribution < -0.4 is 0 Å². The fourth-order valence-electron chi connectivity index (χ4n) is 0.482. The lowest BCUT2D eigenvalue weighted by Gasteiger charge is -2.00. The summed E-state index contributed by atoms with van der Waals surface area (Å²) in [5, 5.41) is 8.05. The van der Waals surface area contributed by atoms with E-state index in [1.807, 2.05) is 6.07 Å². The predicted molar refractivity (Wildman–Crippen MR) is 37.5 cm³/mol. The Morgan fingerprint density at radius 2 is 1.90 bits per heavy atom. The van der Waals surface area contributed by atoms with Crippen molar-refractivity contribution in [2.45, 2.75) is 13.3 Å². The normalized spacial score (nSPS) is 9.20. The molecular weight excluding hydrogens is 130 g/mol. The molecule has 3 nitrogen and oxygen atoms in total. The van der Waals surface area contributed by atoms with Gasteiger partial charge in [-0.05, 0) is 6.42 Å². The molecular formula is C7H13NO2. The molecule has 0 heterocycles. The van der Waals surface area contributed by atoms with E-state index in [1.54, 1.807) is 0 Å². The molecule has 0 aromatic carbocycles. The largest absolute Gasteiger partial charge is 0.379 e. The molecule has 0 rings (SSSR count). The average Bonchev–Trinajstić information content (AvgIpc) is 1.97. The van der Waals surface area contributed by atoms with Gasteiger partial charge in [0.2, 0.25) is 0 Å². The average molecular weight is 143 g/mol. The number of nitriles is 1. The first-order valence-electron chi connectivity index (χ1n) is 3.44. The number of hydrogen-bond donors (Lipinski definition) is 0. The van der Waals surface area contributed by atoms with Crippen LogP contribution in [0.25, 0.3) is 0 Å². The molecule has 0 aromatic heterocycles. The lowest BCUT2D eigenvalue weighted by molar-refractivity contribution is 0.0600. The Balaban J connectivity index is 2.72. The Bertz CT molecular complexity index is 98.3. The summed E-state index contributed by atoms with van der Waals surface area (Å²) in [5.41, 5.74) is 0. The molecule has 0 spiro atoms.